The molecule has 2 unspecified atom stereocenters. The number of anilines is 2. The Balaban J connectivity index is 1.47. The summed E-state index contributed by atoms with van der Waals surface area (Å²) in [7, 11) is 0. The van der Waals surface area contributed by atoms with Crippen molar-refractivity contribution in [1.29, 1.82) is 0 Å². The van der Waals surface area contributed by atoms with E-state index < -0.39 is 28.9 Å². The summed E-state index contributed by atoms with van der Waals surface area (Å²) in [5.74, 6) is 0.456. The number of thiazole rings is 1. The van der Waals surface area contributed by atoms with Gasteiger partial charge >= 0.3 is 12.2 Å². The van der Waals surface area contributed by atoms with Crippen molar-refractivity contribution < 1.29 is 26.7 Å². The van der Waals surface area contributed by atoms with Crippen LogP contribution in [-0.4, -0.2) is 58.2 Å². The van der Waals surface area contributed by atoms with Gasteiger partial charge < -0.3 is 20.7 Å². The van der Waals surface area contributed by atoms with E-state index >= 15 is 4.39 Å². The van der Waals surface area contributed by atoms with Crippen LogP contribution < -0.4 is 20.7 Å². The fourth-order valence-electron chi connectivity index (χ4n) is 5.72. The molecule has 3 N–H and O–H groups in total. The average Bonchev–Trinajstić information content (AvgIpc) is 3.44. The van der Waals surface area contributed by atoms with Crippen molar-refractivity contribution in [3.63, 3.8) is 0 Å². The summed E-state index contributed by atoms with van der Waals surface area (Å²) in [5, 5.41) is 3.39. The minimum absolute atomic E-state index is 0.0427. The molecule has 0 radical (unpaired) electrons. The van der Waals surface area contributed by atoms with Gasteiger partial charge in [-0.15, -0.1) is 0 Å². The number of piperazine rings is 1. The van der Waals surface area contributed by atoms with E-state index in [0.717, 1.165) is 53.9 Å². The van der Waals surface area contributed by atoms with E-state index in [9.17, 15) is 17.6 Å². The second-order valence-corrected chi connectivity index (χ2v) is 12.5. The zero-order chi connectivity index (χ0) is 27.8. The number of nitrogens with zero attached hydrogens (tertiary/aromatic N) is 4. The average molecular weight is 595 g/mol. The summed E-state index contributed by atoms with van der Waals surface area (Å²) in [6.45, 7) is 1.36. The van der Waals surface area contributed by atoms with E-state index in [1.54, 1.807) is 11.8 Å². The van der Waals surface area contributed by atoms with Crippen LogP contribution in [0.15, 0.2) is 18.2 Å². The molecular formula is C26H23F5N6OS2. The number of nitrogen functional groups attached to an aromatic ring is 1. The van der Waals surface area contributed by atoms with Crippen molar-refractivity contribution >= 4 is 55.2 Å². The molecule has 0 aliphatic carbocycles. The SMILES string of the molecule is Nc1nc2c(-c3c(C(F)(F)F)cc4c(N5CC6CCC(C5)N6)nc(OCC5CSC5)nc4c3F)ccc(F)c2s1. The topological polar surface area (TPSA) is 89.2 Å². The third-order valence-corrected chi connectivity index (χ3v) is 9.96. The van der Waals surface area contributed by atoms with Crippen LogP contribution >= 0.6 is 23.1 Å². The van der Waals surface area contributed by atoms with Gasteiger partial charge in [-0.05, 0) is 31.0 Å². The number of nitrogens with two attached hydrogens (primary N) is 1. The molecule has 210 valence electrons. The van der Waals surface area contributed by atoms with E-state index in [2.05, 4.69) is 20.3 Å². The number of ether oxygens (including phenoxy) is 1. The van der Waals surface area contributed by atoms with Crippen LogP contribution in [0.4, 0.5) is 32.9 Å². The first kappa shape index (κ1) is 26.0. The lowest BCUT2D eigenvalue weighted by atomic mass is 9.95. The van der Waals surface area contributed by atoms with Gasteiger partial charge in [0.25, 0.3) is 0 Å². The molecular weight excluding hydrogens is 571 g/mol. The molecule has 2 bridgehead atoms. The third kappa shape index (κ3) is 4.40. The smallest absolute Gasteiger partial charge is 0.417 e. The van der Waals surface area contributed by atoms with Crippen LogP contribution in [0.5, 0.6) is 6.01 Å². The van der Waals surface area contributed by atoms with Crippen LogP contribution in [0.3, 0.4) is 0 Å². The minimum Gasteiger partial charge on any atom is -0.463 e. The summed E-state index contributed by atoms with van der Waals surface area (Å²) in [5.41, 5.74) is 3.12. The zero-order valence-corrected chi connectivity index (χ0v) is 22.5. The Labute approximate surface area is 233 Å². The van der Waals surface area contributed by atoms with Gasteiger partial charge in [0.1, 0.15) is 17.2 Å². The highest BCUT2D eigenvalue weighted by atomic mass is 32.2. The first-order valence-corrected chi connectivity index (χ1v) is 14.8. The molecule has 0 saturated carbocycles. The quantitative estimate of drug-likeness (QED) is 0.294. The number of rotatable bonds is 5. The molecule has 2 aromatic heterocycles. The fourth-order valence-corrected chi connectivity index (χ4v) is 7.25. The Morgan fingerprint density at radius 1 is 1.05 bits per heavy atom. The molecule has 7 rings (SSSR count). The summed E-state index contributed by atoms with van der Waals surface area (Å²) in [6.07, 6.45) is -3.06. The van der Waals surface area contributed by atoms with Crippen molar-refractivity contribution in [2.45, 2.75) is 31.1 Å². The van der Waals surface area contributed by atoms with Crippen LogP contribution in [0.1, 0.15) is 18.4 Å². The van der Waals surface area contributed by atoms with Gasteiger partial charge in [-0.2, -0.15) is 34.9 Å². The fraction of sp³-hybridized carbons (Fsp3) is 0.423. The lowest BCUT2D eigenvalue weighted by molar-refractivity contribution is -0.137. The predicted octanol–water partition coefficient (Wildman–Crippen LogP) is 5.47. The van der Waals surface area contributed by atoms with Gasteiger partial charge in [-0.3, -0.25) is 0 Å². The molecule has 0 amide bonds. The molecule has 3 fully saturated rings. The van der Waals surface area contributed by atoms with Crippen molar-refractivity contribution in [1.82, 2.24) is 20.3 Å². The number of aromatic nitrogens is 3. The van der Waals surface area contributed by atoms with E-state index in [4.69, 9.17) is 10.5 Å². The Morgan fingerprint density at radius 2 is 1.80 bits per heavy atom. The molecule has 2 atom stereocenters. The first-order chi connectivity index (χ1) is 19.2. The maximum absolute atomic E-state index is 16.5. The number of thioether (sulfide) groups is 1. The van der Waals surface area contributed by atoms with Crippen molar-refractivity contribution in [3.8, 4) is 17.1 Å². The van der Waals surface area contributed by atoms with Gasteiger partial charge in [0.2, 0.25) is 0 Å². The number of nitrogens with one attached hydrogen (secondary N) is 1. The molecule has 7 nitrogen and oxygen atoms in total. The molecule has 4 aromatic rings. The molecule has 5 heterocycles. The lowest BCUT2D eigenvalue weighted by Gasteiger charge is -2.34. The van der Waals surface area contributed by atoms with Crippen LogP contribution in [-0.2, 0) is 6.18 Å². The van der Waals surface area contributed by atoms with Gasteiger partial charge in [0, 0.05) is 59.1 Å². The largest absolute Gasteiger partial charge is 0.463 e. The highest BCUT2D eigenvalue weighted by Gasteiger charge is 2.39. The van der Waals surface area contributed by atoms with Crippen LogP contribution in [0.2, 0.25) is 0 Å². The monoisotopic (exact) mass is 594 g/mol. The Kier molecular flexibility index (Phi) is 6.20. The third-order valence-electron chi connectivity index (χ3n) is 7.65. The van der Waals surface area contributed by atoms with Crippen LogP contribution in [0, 0.1) is 17.6 Å². The minimum atomic E-state index is -4.94. The molecule has 3 aliphatic heterocycles. The molecule has 2 aromatic carbocycles. The highest BCUT2D eigenvalue weighted by molar-refractivity contribution is 8.00. The molecule has 0 spiro atoms. The van der Waals surface area contributed by atoms with E-state index in [0.29, 0.717) is 25.6 Å². The van der Waals surface area contributed by atoms with E-state index in [-0.39, 0.29) is 55.7 Å². The number of fused-ring (bicyclic) bond motifs is 4. The van der Waals surface area contributed by atoms with Crippen molar-refractivity contribution in [2.75, 3.05) is 41.8 Å². The first-order valence-electron chi connectivity index (χ1n) is 12.8. The highest BCUT2D eigenvalue weighted by Crippen LogP contribution is 2.46. The normalized spacial score (nSPS) is 21.4. The number of alkyl halides is 3. The Hall–Kier alpha value is -2.97. The lowest BCUT2D eigenvalue weighted by Crippen LogP contribution is -2.51. The Bertz CT molecular complexity index is 1630. The van der Waals surface area contributed by atoms with E-state index in [1.807, 2.05) is 4.90 Å². The molecule has 3 saturated heterocycles. The Morgan fingerprint density at radius 3 is 2.48 bits per heavy atom. The maximum Gasteiger partial charge on any atom is 0.417 e. The van der Waals surface area contributed by atoms with Gasteiger partial charge in [0.05, 0.1) is 22.4 Å². The van der Waals surface area contributed by atoms with Gasteiger partial charge in [-0.25, -0.2) is 13.8 Å². The molecule has 3 aliphatic rings. The summed E-state index contributed by atoms with van der Waals surface area (Å²) >= 11 is 2.57. The summed E-state index contributed by atoms with van der Waals surface area (Å²) in [4.78, 5) is 14.7. The number of halogens is 5. The van der Waals surface area contributed by atoms with Crippen LogP contribution in [0.25, 0.3) is 32.2 Å². The van der Waals surface area contributed by atoms with Gasteiger partial charge in [-0.1, -0.05) is 11.3 Å². The molecule has 14 heteroatoms. The second-order valence-electron chi connectivity index (χ2n) is 10.4. The van der Waals surface area contributed by atoms with Crippen molar-refractivity contribution in [2.24, 2.45) is 5.92 Å². The maximum atomic E-state index is 16.5. The van der Waals surface area contributed by atoms with Crippen molar-refractivity contribution in [3.05, 3.63) is 35.4 Å². The number of hydrogen-bond donors (Lipinski definition) is 2. The number of benzene rings is 2. The standard InChI is InChI=1S/C26H23F5N6OS2/c27-17-4-3-14(21-22(17)40-24(32)34-21)18-16(26(29,30)31)5-15-20(19(18)28)35-25(38-8-11-9-39-10-11)36-23(15)37-6-12-1-2-13(7-37)33-12/h3-5,11-13,33H,1-2,6-10H2,(H2,32,34). The second kappa shape index (κ2) is 9.55. The summed E-state index contributed by atoms with van der Waals surface area (Å²) < 4.78 is 80.6. The summed E-state index contributed by atoms with van der Waals surface area (Å²) in [6, 6.07) is 3.22. The van der Waals surface area contributed by atoms with Gasteiger partial charge in [0.15, 0.2) is 10.9 Å². The number of hydrogen-bond acceptors (Lipinski definition) is 9. The zero-order valence-electron chi connectivity index (χ0n) is 20.9. The van der Waals surface area contributed by atoms with E-state index in [1.165, 1.54) is 0 Å². The molecule has 40 heavy (non-hydrogen) atoms. The predicted molar refractivity (Wildman–Crippen MR) is 146 cm³/mol.